The summed E-state index contributed by atoms with van der Waals surface area (Å²) in [6, 6.07) is 10.1. The van der Waals surface area contributed by atoms with E-state index in [1.165, 1.54) is 49.0 Å². The Morgan fingerprint density at radius 1 is 0.879 bits per heavy atom. The summed E-state index contributed by atoms with van der Waals surface area (Å²) in [6.45, 7) is 17.7. The van der Waals surface area contributed by atoms with Gasteiger partial charge in [0.05, 0.1) is 0 Å². The molecule has 0 heterocycles. The van der Waals surface area contributed by atoms with Crippen LogP contribution in [0.15, 0.2) is 77.7 Å². The van der Waals surface area contributed by atoms with Crippen molar-refractivity contribution in [2.75, 3.05) is 18.5 Å². The summed E-state index contributed by atoms with van der Waals surface area (Å²) < 4.78 is 5.43. The average molecular weight is 502 g/mol. The van der Waals surface area contributed by atoms with E-state index in [-0.39, 0.29) is 21.7 Å². The molecular formula is C30H48NPTi. The Balaban J connectivity index is 0.000000779. The fourth-order valence-corrected chi connectivity index (χ4v) is 8.16. The van der Waals surface area contributed by atoms with Crippen LogP contribution >= 0.6 is 7.05 Å². The van der Waals surface area contributed by atoms with Gasteiger partial charge < -0.3 is 0 Å². The van der Waals surface area contributed by atoms with Gasteiger partial charge in [-0.25, -0.2) is 0 Å². The summed E-state index contributed by atoms with van der Waals surface area (Å²) in [5.74, 6) is 2.38. The molecule has 0 saturated heterocycles. The predicted molar refractivity (Wildman–Crippen MR) is 150 cm³/mol. The number of hydrogen-bond donors (Lipinski definition) is 0. The van der Waals surface area contributed by atoms with Crippen molar-refractivity contribution in [3.05, 3.63) is 78.6 Å². The first kappa shape index (κ1) is 32.1. The fourth-order valence-electron chi connectivity index (χ4n) is 3.51. The minimum Gasteiger partial charge on any atom is -0.272 e. The van der Waals surface area contributed by atoms with Crippen molar-refractivity contribution in [3.63, 3.8) is 0 Å². The molecule has 1 aliphatic rings. The van der Waals surface area contributed by atoms with Gasteiger partial charge in [-0.05, 0) is 74.2 Å². The molecule has 0 fully saturated rings. The van der Waals surface area contributed by atoms with Gasteiger partial charge in [-0.1, -0.05) is 109 Å². The molecule has 0 unspecified atom stereocenters. The molecule has 0 spiro atoms. The quantitative estimate of drug-likeness (QED) is 0.153. The predicted octanol–water partition coefficient (Wildman–Crippen LogP) is 10.1. The van der Waals surface area contributed by atoms with Crippen molar-refractivity contribution >= 4 is 13.1 Å². The Morgan fingerprint density at radius 3 is 1.79 bits per heavy atom. The molecule has 0 atom stereocenters. The average Bonchev–Trinajstić information content (AvgIpc) is 3.27. The van der Waals surface area contributed by atoms with Crippen LogP contribution in [0.4, 0.5) is 0 Å². The van der Waals surface area contributed by atoms with E-state index in [1.807, 2.05) is 30.4 Å². The van der Waals surface area contributed by atoms with Crippen LogP contribution in [0.3, 0.4) is 0 Å². The molecule has 1 aliphatic carbocycles. The maximum Gasteiger partial charge on any atom is 0.0425 e. The van der Waals surface area contributed by atoms with Gasteiger partial charge in [0, 0.05) is 33.8 Å². The van der Waals surface area contributed by atoms with Gasteiger partial charge in [-0.2, -0.15) is 0 Å². The van der Waals surface area contributed by atoms with Crippen LogP contribution in [0, 0.1) is 17.8 Å². The zero-order valence-electron chi connectivity index (χ0n) is 22.1. The monoisotopic (exact) mass is 501 g/mol. The van der Waals surface area contributed by atoms with Gasteiger partial charge in [-0.3, -0.25) is 4.74 Å². The second-order valence-corrected chi connectivity index (χ2v) is 13.9. The molecule has 0 amide bonds. The van der Waals surface area contributed by atoms with Crippen LogP contribution < -0.4 is 0 Å². The molecule has 182 valence electrons. The maximum atomic E-state index is 5.43. The second kappa shape index (κ2) is 18.5. The number of benzene rings is 1. The molecule has 0 saturated carbocycles. The molecule has 1 aromatic carbocycles. The Labute approximate surface area is 220 Å². The van der Waals surface area contributed by atoms with E-state index >= 15 is 0 Å². The minimum absolute atomic E-state index is 0. The molecule has 0 radical (unpaired) electrons. The van der Waals surface area contributed by atoms with Crippen LogP contribution in [0.5, 0.6) is 0 Å². The first-order valence-electron chi connectivity index (χ1n) is 12.6. The molecular weight excluding hydrogens is 453 g/mol. The Morgan fingerprint density at radius 2 is 1.39 bits per heavy atom. The molecule has 0 N–H and O–H groups in total. The van der Waals surface area contributed by atoms with Gasteiger partial charge in [0.2, 0.25) is 0 Å². The van der Waals surface area contributed by atoms with E-state index in [0.717, 1.165) is 24.2 Å². The fraction of sp³-hybridized carbons (Fsp3) is 0.533. The van der Waals surface area contributed by atoms with Crippen LogP contribution in [-0.2, 0) is 21.7 Å². The van der Waals surface area contributed by atoms with Crippen molar-refractivity contribution in [1.29, 1.82) is 0 Å². The Kier molecular flexibility index (Phi) is 18.0. The number of hydrogen-bond acceptors (Lipinski definition) is 1. The van der Waals surface area contributed by atoms with Crippen LogP contribution in [0.25, 0.3) is 6.08 Å². The van der Waals surface area contributed by atoms with Crippen molar-refractivity contribution in [2.24, 2.45) is 22.5 Å². The molecule has 0 aromatic heterocycles. The number of rotatable bonds is 12. The maximum absolute atomic E-state index is 5.43. The first-order chi connectivity index (χ1) is 15.3. The van der Waals surface area contributed by atoms with Crippen molar-refractivity contribution < 1.29 is 21.7 Å². The van der Waals surface area contributed by atoms with Crippen molar-refractivity contribution in [3.8, 4) is 0 Å². The van der Waals surface area contributed by atoms with E-state index in [0.29, 0.717) is 0 Å². The molecule has 2 rings (SSSR count). The van der Waals surface area contributed by atoms with Crippen LogP contribution in [-0.4, -0.2) is 18.5 Å². The third-order valence-electron chi connectivity index (χ3n) is 5.68. The van der Waals surface area contributed by atoms with Gasteiger partial charge >= 0.3 is 0 Å². The summed E-state index contributed by atoms with van der Waals surface area (Å²) in [7, 11) is -1.19. The van der Waals surface area contributed by atoms with Gasteiger partial charge in [0.15, 0.2) is 0 Å². The van der Waals surface area contributed by atoms with E-state index < -0.39 is 7.05 Å². The topological polar surface area (TPSA) is 12.4 Å². The first-order valence-corrected chi connectivity index (χ1v) is 14.8. The smallest absolute Gasteiger partial charge is 0.0425 e. The van der Waals surface area contributed by atoms with Crippen molar-refractivity contribution in [2.45, 2.75) is 67.2 Å². The second-order valence-electron chi connectivity index (χ2n) is 10.2. The van der Waals surface area contributed by atoms with Gasteiger partial charge in [-0.15, -0.1) is 0 Å². The van der Waals surface area contributed by atoms with E-state index in [4.69, 9.17) is 4.74 Å². The van der Waals surface area contributed by atoms with Gasteiger partial charge in [0.25, 0.3) is 0 Å². The summed E-state index contributed by atoms with van der Waals surface area (Å²) in [6.07, 6.45) is 21.6. The number of nitrogens with zero attached hydrogens (tertiary/aromatic N) is 1. The Bertz CT molecular complexity index is 747. The molecule has 3 heteroatoms. The van der Waals surface area contributed by atoms with E-state index in [9.17, 15) is 0 Å². The minimum atomic E-state index is -1.19. The Hall–Kier alpha value is -0.876. The SMILES string of the molecule is C=CC=Cc1ccccc1.CC(C)CCP(CCC(C)C)(CCC(C)C)=NC1=CC=CC1.[Ti]. The molecule has 1 nitrogen and oxygen atoms in total. The summed E-state index contributed by atoms with van der Waals surface area (Å²) in [5, 5.41) is 0. The molecule has 1 aromatic rings. The summed E-state index contributed by atoms with van der Waals surface area (Å²) in [5.41, 5.74) is 2.56. The normalized spacial score (nSPS) is 13.2. The molecule has 0 bridgehead atoms. The van der Waals surface area contributed by atoms with Crippen molar-refractivity contribution in [1.82, 2.24) is 0 Å². The summed E-state index contributed by atoms with van der Waals surface area (Å²) >= 11 is 0. The molecule has 33 heavy (non-hydrogen) atoms. The van der Waals surface area contributed by atoms with E-state index in [1.54, 1.807) is 6.08 Å². The van der Waals surface area contributed by atoms with Gasteiger partial charge in [0.1, 0.15) is 0 Å². The summed E-state index contributed by atoms with van der Waals surface area (Å²) in [4.78, 5) is 0. The number of allylic oxidation sites excluding steroid dienone is 5. The third-order valence-corrected chi connectivity index (χ3v) is 9.64. The molecule has 0 aliphatic heterocycles. The third kappa shape index (κ3) is 15.6. The van der Waals surface area contributed by atoms with Crippen LogP contribution in [0.2, 0.25) is 0 Å². The largest absolute Gasteiger partial charge is 0.272 e. The van der Waals surface area contributed by atoms with Crippen LogP contribution in [0.1, 0.15) is 72.8 Å². The zero-order valence-corrected chi connectivity index (χ0v) is 24.6. The zero-order chi connectivity index (χ0) is 23.8. The van der Waals surface area contributed by atoms with E-state index in [2.05, 4.69) is 78.5 Å². The standard InChI is InChI=1S/C20H38NP.C10H10.Ti/c1-17(2)11-14-22(15-12-18(3)4,16-13-19(5)6)21-20-9-7-8-10-20;1-2-3-7-10-8-5-4-6-9-10;/h7-9,17-19H,10-16H2,1-6H3;2-9H,1H2;.